The predicted molar refractivity (Wildman–Crippen MR) is 150 cm³/mol. The molecule has 0 aromatic rings. The Hall–Kier alpha value is -1.10. The minimum atomic E-state index is -1.43. The fourth-order valence-electron chi connectivity index (χ4n) is 5.31. The third kappa shape index (κ3) is 15.2. The number of carboxylic acid groups (broad SMARTS) is 2. The third-order valence-electron chi connectivity index (χ3n) is 8.78. The lowest BCUT2D eigenvalue weighted by molar-refractivity contribution is -0.953. The quantitative estimate of drug-likeness (QED) is 0.0955. The van der Waals surface area contributed by atoms with Gasteiger partial charge in [0.15, 0.2) is 0 Å². The summed E-state index contributed by atoms with van der Waals surface area (Å²) < 4.78 is 0.126. The number of likely N-dealkylation sites (N-methyl/N-ethyl adjacent to an activating group) is 1. The van der Waals surface area contributed by atoms with E-state index in [0.717, 1.165) is 19.3 Å². The van der Waals surface area contributed by atoms with Crippen LogP contribution < -0.4 is 5.11 Å². The molecule has 0 amide bonds. The highest BCUT2D eigenvalue weighted by atomic mass is 16.4. The molecule has 214 valence electrons. The van der Waals surface area contributed by atoms with E-state index in [2.05, 4.69) is 6.92 Å². The van der Waals surface area contributed by atoms with Crippen LogP contribution in [0.4, 0.5) is 0 Å². The number of nitrogens with zero attached hydrogens (tertiary/aromatic N) is 1. The molecule has 5 nitrogen and oxygen atoms in total. The van der Waals surface area contributed by atoms with E-state index in [1.165, 1.54) is 122 Å². The molecular weight excluding hydrogens is 450 g/mol. The SMILES string of the molecule is CCCCCCCCCCCCCCCCCCCCCCC(C)[N+](C)(C)C(C)(CC(=O)O)C(=O)[O-]. The monoisotopic (exact) mass is 511 g/mol. The Balaban J connectivity index is 3.65. The highest BCUT2D eigenvalue weighted by Crippen LogP contribution is 2.30. The maximum absolute atomic E-state index is 11.8. The van der Waals surface area contributed by atoms with Gasteiger partial charge in [0, 0.05) is 0 Å². The summed E-state index contributed by atoms with van der Waals surface area (Å²) in [6.45, 7) is 5.81. The number of carbonyl (C=O) groups is 2. The number of unbranched alkanes of at least 4 members (excludes halogenated alkanes) is 19. The number of hydrogen-bond donors (Lipinski definition) is 1. The molecule has 0 saturated heterocycles. The molecule has 0 radical (unpaired) electrons. The van der Waals surface area contributed by atoms with E-state index in [4.69, 9.17) is 0 Å². The van der Waals surface area contributed by atoms with E-state index in [1.807, 2.05) is 21.0 Å². The van der Waals surface area contributed by atoms with Gasteiger partial charge in [-0.15, -0.1) is 0 Å². The van der Waals surface area contributed by atoms with E-state index in [-0.39, 0.29) is 10.5 Å². The normalized spacial score (nSPS) is 14.5. The molecule has 0 aliphatic carbocycles. The molecule has 0 spiro atoms. The number of carboxylic acids is 2. The van der Waals surface area contributed by atoms with Crippen LogP contribution in [0.1, 0.15) is 162 Å². The first-order valence-electron chi connectivity index (χ1n) is 15.4. The van der Waals surface area contributed by atoms with Crippen LogP contribution in [0, 0.1) is 0 Å². The van der Waals surface area contributed by atoms with Gasteiger partial charge in [0.05, 0.1) is 20.1 Å². The Kier molecular flexibility index (Phi) is 20.3. The minimum Gasteiger partial charge on any atom is -0.544 e. The molecule has 0 saturated carbocycles. The van der Waals surface area contributed by atoms with Crippen LogP contribution in [0.25, 0.3) is 0 Å². The second-order valence-electron chi connectivity index (χ2n) is 12.0. The topological polar surface area (TPSA) is 77.4 Å². The van der Waals surface area contributed by atoms with Crippen LogP contribution in [0.3, 0.4) is 0 Å². The average molecular weight is 512 g/mol. The van der Waals surface area contributed by atoms with Gasteiger partial charge < -0.3 is 19.5 Å². The molecule has 0 aromatic carbocycles. The van der Waals surface area contributed by atoms with Gasteiger partial charge in [0.25, 0.3) is 0 Å². The van der Waals surface area contributed by atoms with Crippen LogP contribution in [0.2, 0.25) is 0 Å². The second-order valence-corrected chi connectivity index (χ2v) is 12.0. The molecule has 0 aliphatic heterocycles. The number of quaternary nitrogens is 1. The highest BCUT2D eigenvalue weighted by molar-refractivity contribution is 5.82. The van der Waals surface area contributed by atoms with Crippen LogP contribution >= 0.6 is 0 Å². The van der Waals surface area contributed by atoms with Crippen LogP contribution in [-0.2, 0) is 9.59 Å². The summed E-state index contributed by atoms with van der Waals surface area (Å²) in [6, 6.07) is 0.0581. The van der Waals surface area contributed by atoms with Gasteiger partial charge in [-0.05, 0) is 26.7 Å². The molecule has 0 heterocycles. The predicted octanol–water partition coefficient (Wildman–Crippen LogP) is 7.65. The van der Waals surface area contributed by atoms with E-state index in [0.29, 0.717) is 0 Å². The fourth-order valence-corrected chi connectivity index (χ4v) is 5.31. The van der Waals surface area contributed by atoms with Gasteiger partial charge in [-0.3, -0.25) is 4.79 Å². The van der Waals surface area contributed by atoms with Crippen molar-refractivity contribution in [1.82, 2.24) is 0 Å². The van der Waals surface area contributed by atoms with E-state index in [9.17, 15) is 19.8 Å². The van der Waals surface area contributed by atoms with E-state index >= 15 is 0 Å². The van der Waals surface area contributed by atoms with Crippen LogP contribution in [0.5, 0.6) is 0 Å². The number of carbonyl (C=O) groups excluding carboxylic acids is 1. The Morgan fingerprint density at radius 2 is 1.00 bits per heavy atom. The molecular formula is C31H61NO4. The summed E-state index contributed by atoms with van der Waals surface area (Å²) in [4.78, 5) is 23.0. The van der Waals surface area contributed by atoms with Gasteiger partial charge in [-0.2, -0.15) is 0 Å². The lowest BCUT2D eigenvalue weighted by Gasteiger charge is -2.50. The molecule has 1 N–H and O–H groups in total. The first-order valence-corrected chi connectivity index (χ1v) is 15.4. The van der Waals surface area contributed by atoms with Crippen molar-refractivity contribution in [2.45, 2.75) is 174 Å². The Bertz CT molecular complexity index is 563. The van der Waals surface area contributed by atoms with Gasteiger partial charge in [0.1, 0.15) is 17.9 Å². The summed E-state index contributed by atoms with van der Waals surface area (Å²) in [7, 11) is 3.64. The maximum atomic E-state index is 11.8. The standard InChI is InChI=1S/C31H61NO4/c1-6-7-8-9-10-11-12-13-14-15-16-17-18-19-20-21-22-23-24-25-26-28(2)32(4,5)31(3,30(35)36)27-29(33)34/h28H,6-27H2,1-5H3,(H-,33,34,35,36). The van der Waals surface area contributed by atoms with Gasteiger partial charge in [-0.25, -0.2) is 0 Å². The zero-order valence-electron chi connectivity index (χ0n) is 24.8. The smallest absolute Gasteiger partial charge is 0.310 e. The Labute approximate surface area is 224 Å². The number of hydrogen-bond acceptors (Lipinski definition) is 3. The summed E-state index contributed by atoms with van der Waals surface area (Å²) in [5.74, 6) is -2.39. The Morgan fingerprint density at radius 1 is 0.694 bits per heavy atom. The summed E-state index contributed by atoms with van der Waals surface area (Å²) in [5.41, 5.74) is -1.43. The van der Waals surface area contributed by atoms with Gasteiger partial charge >= 0.3 is 5.97 Å². The molecule has 0 aliphatic rings. The first kappa shape index (κ1) is 34.9. The molecule has 0 aromatic heterocycles. The first-order chi connectivity index (χ1) is 17.1. The molecule has 2 unspecified atom stereocenters. The van der Waals surface area contributed by atoms with Crippen molar-refractivity contribution in [2.24, 2.45) is 0 Å². The van der Waals surface area contributed by atoms with Crippen molar-refractivity contribution in [3.05, 3.63) is 0 Å². The second kappa shape index (κ2) is 20.9. The molecule has 0 rings (SSSR count). The van der Waals surface area contributed by atoms with Gasteiger partial charge in [0.2, 0.25) is 0 Å². The van der Waals surface area contributed by atoms with Gasteiger partial charge in [-0.1, -0.05) is 129 Å². The molecule has 2 atom stereocenters. The van der Waals surface area contributed by atoms with E-state index in [1.54, 1.807) is 0 Å². The number of aliphatic carboxylic acids is 2. The summed E-state index contributed by atoms with van der Waals surface area (Å²) in [5, 5.41) is 21.0. The van der Waals surface area contributed by atoms with Crippen molar-refractivity contribution < 1.29 is 24.3 Å². The zero-order valence-corrected chi connectivity index (χ0v) is 24.8. The summed E-state index contributed by atoms with van der Waals surface area (Å²) >= 11 is 0. The Morgan fingerprint density at radius 3 is 1.28 bits per heavy atom. The maximum Gasteiger partial charge on any atom is 0.310 e. The molecule has 5 heteroatoms. The lowest BCUT2D eigenvalue weighted by Crippen LogP contribution is -2.69. The molecule has 0 bridgehead atoms. The third-order valence-corrected chi connectivity index (χ3v) is 8.78. The zero-order chi connectivity index (χ0) is 27.3. The van der Waals surface area contributed by atoms with Crippen molar-refractivity contribution >= 4 is 11.9 Å². The minimum absolute atomic E-state index is 0.0581. The number of rotatable bonds is 26. The van der Waals surface area contributed by atoms with Crippen molar-refractivity contribution in [3.63, 3.8) is 0 Å². The van der Waals surface area contributed by atoms with Crippen LogP contribution in [0.15, 0.2) is 0 Å². The molecule has 36 heavy (non-hydrogen) atoms. The van der Waals surface area contributed by atoms with Crippen molar-refractivity contribution in [2.75, 3.05) is 14.1 Å². The van der Waals surface area contributed by atoms with Crippen molar-refractivity contribution in [1.29, 1.82) is 0 Å². The van der Waals surface area contributed by atoms with E-state index < -0.39 is 23.9 Å². The fraction of sp³-hybridized carbons (Fsp3) is 0.935. The average Bonchev–Trinajstić information content (AvgIpc) is 2.81. The molecule has 0 fully saturated rings. The van der Waals surface area contributed by atoms with Crippen LogP contribution in [-0.4, -0.2) is 47.2 Å². The lowest BCUT2D eigenvalue weighted by atomic mass is 9.90. The van der Waals surface area contributed by atoms with Crippen molar-refractivity contribution in [3.8, 4) is 0 Å². The highest BCUT2D eigenvalue weighted by Gasteiger charge is 2.47. The largest absolute Gasteiger partial charge is 0.544 e. The summed E-state index contributed by atoms with van der Waals surface area (Å²) in [6.07, 6.45) is 27.6.